The predicted molar refractivity (Wildman–Crippen MR) is 62.9 cm³/mol. The van der Waals surface area contributed by atoms with Crippen LogP contribution in [0, 0.1) is 0 Å². The van der Waals surface area contributed by atoms with Crippen molar-refractivity contribution in [3.05, 3.63) is 11.1 Å². The number of nitrogens with one attached hydrogen (secondary N) is 1. The lowest BCUT2D eigenvalue weighted by molar-refractivity contribution is -0.141. The van der Waals surface area contributed by atoms with Crippen molar-refractivity contribution in [1.82, 2.24) is 4.98 Å². The number of carbonyl (C=O) groups excluding carboxylic acids is 2. The van der Waals surface area contributed by atoms with Crippen molar-refractivity contribution in [3.8, 4) is 0 Å². The summed E-state index contributed by atoms with van der Waals surface area (Å²) in [6.07, 6.45) is 0.126. The fourth-order valence-electron chi connectivity index (χ4n) is 1.10. The summed E-state index contributed by atoms with van der Waals surface area (Å²) in [5, 5.41) is 5.20. The highest BCUT2D eigenvalue weighted by Crippen LogP contribution is 2.17. The summed E-state index contributed by atoms with van der Waals surface area (Å²) in [6.45, 7) is 1.67. The molecule has 0 saturated heterocycles. The Morgan fingerprint density at radius 1 is 1.47 bits per heavy atom. The van der Waals surface area contributed by atoms with Crippen molar-refractivity contribution in [2.45, 2.75) is 19.4 Å². The molecular formula is C10H14N2O4S. The SMILES string of the molecule is COC(=O)Cc1csc(NC(C)C(=O)OC)n1. The van der Waals surface area contributed by atoms with Crippen LogP contribution in [0.2, 0.25) is 0 Å². The molecule has 0 aliphatic rings. The summed E-state index contributed by atoms with van der Waals surface area (Å²) in [7, 11) is 2.65. The number of esters is 2. The molecule has 1 heterocycles. The van der Waals surface area contributed by atoms with Crippen LogP contribution in [0.25, 0.3) is 0 Å². The maximum absolute atomic E-state index is 11.2. The van der Waals surface area contributed by atoms with Crippen LogP contribution >= 0.6 is 11.3 Å². The first-order valence-corrected chi connectivity index (χ1v) is 5.80. The first-order chi connectivity index (χ1) is 8.06. The number of rotatable bonds is 5. The topological polar surface area (TPSA) is 77.5 Å². The van der Waals surface area contributed by atoms with E-state index >= 15 is 0 Å². The Hall–Kier alpha value is -1.63. The number of hydrogen-bond acceptors (Lipinski definition) is 7. The van der Waals surface area contributed by atoms with Crippen LogP contribution in [0.15, 0.2) is 5.38 Å². The Kier molecular flexibility index (Phi) is 4.89. The smallest absolute Gasteiger partial charge is 0.328 e. The van der Waals surface area contributed by atoms with E-state index in [9.17, 15) is 9.59 Å². The quantitative estimate of drug-likeness (QED) is 0.788. The first kappa shape index (κ1) is 13.4. The second-order valence-corrected chi connectivity index (χ2v) is 4.14. The molecule has 1 rings (SSSR count). The Labute approximate surface area is 103 Å². The van der Waals surface area contributed by atoms with E-state index in [4.69, 9.17) is 0 Å². The lowest BCUT2D eigenvalue weighted by atomic mass is 10.3. The Morgan fingerprint density at radius 3 is 2.76 bits per heavy atom. The number of nitrogens with zero attached hydrogens (tertiary/aromatic N) is 1. The minimum atomic E-state index is -0.475. The lowest BCUT2D eigenvalue weighted by Crippen LogP contribution is -2.27. The fourth-order valence-corrected chi connectivity index (χ4v) is 1.89. The third kappa shape index (κ3) is 4.03. The number of aromatic nitrogens is 1. The third-order valence-corrected chi connectivity index (χ3v) is 2.82. The number of thiazole rings is 1. The first-order valence-electron chi connectivity index (χ1n) is 4.92. The third-order valence-electron chi connectivity index (χ3n) is 2.00. The highest BCUT2D eigenvalue weighted by atomic mass is 32.1. The van der Waals surface area contributed by atoms with Gasteiger partial charge in [-0.25, -0.2) is 9.78 Å². The molecule has 1 N–H and O–H groups in total. The van der Waals surface area contributed by atoms with Crippen molar-refractivity contribution < 1.29 is 19.1 Å². The molecule has 0 aromatic carbocycles. The predicted octanol–water partition coefficient (Wildman–Crippen LogP) is 0.832. The number of ether oxygens (including phenoxy) is 2. The van der Waals surface area contributed by atoms with Gasteiger partial charge in [0.1, 0.15) is 6.04 Å². The average molecular weight is 258 g/mol. The number of methoxy groups -OCH3 is 2. The van der Waals surface area contributed by atoms with E-state index in [1.165, 1.54) is 25.6 Å². The van der Waals surface area contributed by atoms with Crippen molar-refractivity contribution in [2.75, 3.05) is 19.5 Å². The molecule has 0 saturated carbocycles. The summed E-state index contributed by atoms with van der Waals surface area (Å²) in [4.78, 5) is 26.3. The molecule has 1 aromatic heterocycles. The van der Waals surface area contributed by atoms with Gasteiger partial charge in [0.25, 0.3) is 0 Å². The van der Waals surface area contributed by atoms with E-state index < -0.39 is 6.04 Å². The second kappa shape index (κ2) is 6.19. The van der Waals surface area contributed by atoms with Crippen LogP contribution in [0.4, 0.5) is 5.13 Å². The van der Waals surface area contributed by atoms with Crippen LogP contribution in [0.5, 0.6) is 0 Å². The molecule has 1 atom stereocenters. The Balaban J connectivity index is 2.56. The van der Waals surface area contributed by atoms with E-state index in [1.807, 2.05) is 0 Å². The van der Waals surface area contributed by atoms with Gasteiger partial charge in [-0.15, -0.1) is 11.3 Å². The molecule has 6 nitrogen and oxygen atoms in total. The largest absolute Gasteiger partial charge is 0.469 e. The maximum Gasteiger partial charge on any atom is 0.328 e. The van der Waals surface area contributed by atoms with Crippen molar-refractivity contribution in [3.63, 3.8) is 0 Å². The molecule has 7 heteroatoms. The molecule has 0 amide bonds. The zero-order valence-electron chi connectivity index (χ0n) is 9.85. The van der Waals surface area contributed by atoms with Gasteiger partial charge in [0.05, 0.1) is 26.3 Å². The van der Waals surface area contributed by atoms with E-state index in [1.54, 1.807) is 12.3 Å². The molecule has 1 aromatic rings. The maximum atomic E-state index is 11.2. The van der Waals surface area contributed by atoms with Gasteiger partial charge in [-0.3, -0.25) is 4.79 Å². The molecule has 0 fully saturated rings. The van der Waals surface area contributed by atoms with Gasteiger partial charge in [-0.1, -0.05) is 0 Å². The summed E-state index contributed by atoms with van der Waals surface area (Å²) in [6, 6.07) is -0.475. The van der Waals surface area contributed by atoms with Gasteiger partial charge in [0.2, 0.25) is 0 Å². The van der Waals surface area contributed by atoms with Crippen LogP contribution in [0.3, 0.4) is 0 Å². The fraction of sp³-hybridized carbons (Fsp3) is 0.500. The second-order valence-electron chi connectivity index (χ2n) is 3.29. The van der Waals surface area contributed by atoms with Crippen LogP contribution < -0.4 is 5.32 Å². The Bertz CT molecular complexity index is 405. The normalized spacial score (nSPS) is 11.7. The monoisotopic (exact) mass is 258 g/mol. The van der Waals surface area contributed by atoms with Crippen molar-refractivity contribution in [2.24, 2.45) is 0 Å². The average Bonchev–Trinajstić information content (AvgIpc) is 2.75. The van der Waals surface area contributed by atoms with Gasteiger partial charge in [-0.2, -0.15) is 0 Å². The highest BCUT2D eigenvalue weighted by Gasteiger charge is 2.15. The number of anilines is 1. The molecule has 0 aliphatic heterocycles. The van der Waals surface area contributed by atoms with Gasteiger partial charge in [0, 0.05) is 5.38 Å². The molecule has 1 unspecified atom stereocenters. The zero-order valence-corrected chi connectivity index (χ0v) is 10.7. The molecule has 0 bridgehead atoms. The van der Waals surface area contributed by atoms with E-state index in [2.05, 4.69) is 19.8 Å². The molecule has 0 aliphatic carbocycles. The van der Waals surface area contributed by atoms with Crippen LogP contribution in [-0.4, -0.2) is 37.2 Å². The van der Waals surface area contributed by atoms with E-state index in [-0.39, 0.29) is 18.4 Å². The molecule has 94 valence electrons. The molecule has 17 heavy (non-hydrogen) atoms. The van der Waals surface area contributed by atoms with E-state index in [0.717, 1.165) is 0 Å². The summed E-state index contributed by atoms with van der Waals surface area (Å²) < 4.78 is 9.11. The number of hydrogen-bond donors (Lipinski definition) is 1. The molecule has 0 spiro atoms. The van der Waals surface area contributed by atoms with Gasteiger partial charge >= 0.3 is 11.9 Å². The van der Waals surface area contributed by atoms with Gasteiger partial charge < -0.3 is 14.8 Å². The lowest BCUT2D eigenvalue weighted by Gasteiger charge is -2.09. The van der Waals surface area contributed by atoms with Crippen LogP contribution in [-0.2, 0) is 25.5 Å². The standard InChI is InChI=1S/C10H14N2O4S/c1-6(9(14)16-3)11-10-12-7(5-17-10)4-8(13)15-2/h5-6H,4H2,1-3H3,(H,11,12). The summed E-state index contributed by atoms with van der Waals surface area (Å²) >= 11 is 1.32. The van der Waals surface area contributed by atoms with Crippen molar-refractivity contribution >= 4 is 28.4 Å². The summed E-state index contributed by atoms with van der Waals surface area (Å²) in [5.74, 6) is -0.711. The Morgan fingerprint density at radius 2 is 2.18 bits per heavy atom. The number of carbonyl (C=O) groups is 2. The minimum absolute atomic E-state index is 0.126. The summed E-state index contributed by atoms with van der Waals surface area (Å²) in [5.41, 5.74) is 0.612. The molecular weight excluding hydrogens is 244 g/mol. The van der Waals surface area contributed by atoms with Crippen LogP contribution in [0.1, 0.15) is 12.6 Å². The van der Waals surface area contributed by atoms with Gasteiger partial charge in [0.15, 0.2) is 5.13 Å². The van der Waals surface area contributed by atoms with Gasteiger partial charge in [-0.05, 0) is 6.92 Å². The van der Waals surface area contributed by atoms with Crippen molar-refractivity contribution in [1.29, 1.82) is 0 Å². The minimum Gasteiger partial charge on any atom is -0.469 e. The zero-order chi connectivity index (χ0) is 12.8. The molecule has 0 radical (unpaired) electrons. The van der Waals surface area contributed by atoms with E-state index in [0.29, 0.717) is 10.8 Å². The highest BCUT2D eigenvalue weighted by molar-refractivity contribution is 7.13.